The van der Waals surface area contributed by atoms with Gasteiger partial charge < -0.3 is 15.1 Å². The standard InChI is InChI=1S/C18H16N8O2/c1-19-15-11-5-20-14(25-17(27)9-2-3-9)4-10(11)12(6-21-15)18-24-13(7-28-18)16-22-8-23-26-16/h4-9H,2-3H2,1H3,(H,19,21)(H,20,25,27)(H,22,23,26). The zero-order valence-corrected chi connectivity index (χ0v) is 14.9. The van der Waals surface area contributed by atoms with Gasteiger partial charge in [0.25, 0.3) is 0 Å². The molecule has 3 N–H and O–H groups in total. The highest BCUT2D eigenvalue weighted by atomic mass is 16.3. The molecule has 0 spiro atoms. The van der Waals surface area contributed by atoms with E-state index in [-0.39, 0.29) is 11.8 Å². The van der Waals surface area contributed by atoms with Crippen molar-refractivity contribution in [2.45, 2.75) is 12.8 Å². The van der Waals surface area contributed by atoms with Gasteiger partial charge in [-0.15, -0.1) is 0 Å². The Labute approximate surface area is 158 Å². The van der Waals surface area contributed by atoms with Gasteiger partial charge in [0.1, 0.15) is 29.9 Å². The Kier molecular flexibility index (Phi) is 3.75. The number of hydrogen-bond acceptors (Lipinski definition) is 8. The normalized spacial score (nSPS) is 13.6. The van der Waals surface area contributed by atoms with Crippen LogP contribution in [0.1, 0.15) is 12.8 Å². The van der Waals surface area contributed by atoms with Crippen molar-refractivity contribution in [2.24, 2.45) is 5.92 Å². The van der Waals surface area contributed by atoms with Crippen LogP contribution in [-0.4, -0.2) is 43.1 Å². The minimum Gasteiger partial charge on any atom is -0.444 e. The lowest BCUT2D eigenvalue weighted by Crippen LogP contribution is -2.14. The van der Waals surface area contributed by atoms with Crippen molar-refractivity contribution in [3.63, 3.8) is 0 Å². The molecule has 0 unspecified atom stereocenters. The first-order valence-corrected chi connectivity index (χ1v) is 8.82. The van der Waals surface area contributed by atoms with Gasteiger partial charge in [-0.2, -0.15) is 5.10 Å². The second-order valence-electron chi connectivity index (χ2n) is 6.52. The zero-order valence-electron chi connectivity index (χ0n) is 14.9. The molecule has 28 heavy (non-hydrogen) atoms. The smallest absolute Gasteiger partial charge is 0.228 e. The summed E-state index contributed by atoms with van der Waals surface area (Å²) >= 11 is 0. The van der Waals surface area contributed by atoms with Crippen molar-refractivity contribution in [2.75, 3.05) is 17.7 Å². The van der Waals surface area contributed by atoms with Crippen molar-refractivity contribution in [1.82, 2.24) is 30.1 Å². The van der Waals surface area contributed by atoms with E-state index in [1.165, 1.54) is 12.6 Å². The van der Waals surface area contributed by atoms with E-state index in [0.29, 0.717) is 34.6 Å². The molecule has 0 bridgehead atoms. The summed E-state index contributed by atoms with van der Waals surface area (Å²) in [7, 11) is 1.79. The highest BCUT2D eigenvalue weighted by molar-refractivity contribution is 6.03. The van der Waals surface area contributed by atoms with Crippen LogP contribution in [-0.2, 0) is 4.79 Å². The fourth-order valence-electron chi connectivity index (χ4n) is 2.98. The molecule has 10 nitrogen and oxygen atoms in total. The van der Waals surface area contributed by atoms with Gasteiger partial charge in [-0.3, -0.25) is 9.89 Å². The summed E-state index contributed by atoms with van der Waals surface area (Å²) < 4.78 is 5.66. The number of nitrogens with one attached hydrogen (secondary N) is 3. The molecule has 4 heterocycles. The van der Waals surface area contributed by atoms with Crippen molar-refractivity contribution >= 4 is 28.3 Å². The number of nitrogens with zero attached hydrogens (tertiary/aromatic N) is 5. The number of fused-ring (bicyclic) bond motifs is 1. The Morgan fingerprint density at radius 1 is 1.21 bits per heavy atom. The van der Waals surface area contributed by atoms with Gasteiger partial charge in [0.15, 0.2) is 5.82 Å². The first-order chi connectivity index (χ1) is 13.7. The number of H-pyrrole nitrogens is 1. The molecule has 4 aromatic heterocycles. The van der Waals surface area contributed by atoms with Crippen LogP contribution in [0, 0.1) is 5.92 Å². The summed E-state index contributed by atoms with van der Waals surface area (Å²) in [5.74, 6) is 2.16. The molecular formula is C18H16N8O2. The van der Waals surface area contributed by atoms with Crippen LogP contribution in [0.5, 0.6) is 0 Å². The highest BCUT2D eigenvalue weighted by Crippen LogP contribution is 2.34. The fraction of sp³-hybridized carbons (Fsp3) is 0.222. The number of carbonyl (C=O) groups excluding carboxylic acids is 1. The Balaban J connectivity index is 1.60. The number of amides is 1. The first-order valence-electron chi connectivity index (χ1n) is 8.82. The molecule has 10 heteroatoms. The van der Waals surface area contributed by atoms with Crippen LogP contribution < -0.4 is 10.6 Å². The van der Waals surface area contributed by atoms with E-state index in [4.69, 9.17) is 4.42 Å². The summed E-state index contributed by atoms with van der Waals surface area (Å²) in [4.78, 5) is 29.5. The maximum Gasteiger partial charge on any atom is 0.228 e. The third-order valence-corrected chi connectivity index (χ3v) is 4.60. The van der Waals surface area contributed by atoms with E-state index in [1.807, 2.05) is 6.07 Å². The third kappa shape index (κ3) is 2.84. The Bertz CT molecular complexity index is 1160. The lowest BCUT2D eigenvalue weighted by atomic mass is 10.1. The monoisotopic (exact) mass is 376 g/mol. The Hall–Kier alpha value is -3.82. The average Bonchev–Trinajstić information content (AvgIpc) is 3.22. The SMILES string of the molecule is CNc1ncc(-c2nc(-c3ncn[nH]3)co2)c2cc(NC(=O)C3CC3)ncc12. The van der Waals surface area contributed by atoms with Crippen molar-refractivity contribution < 1.29 is 9.21 Å². The van der Waals surface area contributed by atoms with E-state index < -0.39 is 0 Å². The minimum atomic E-state index is 0.0000235. The summed E-state index contributed by atoms with van der Waals surface area (Å²) in [6, 6.07) is 1.81. The zero-order chi connectivity index (χ0) is 19.1. The molecule has 0 aromatic carbocycles. The predicted octanol–water partition coefficient (Wildman–Crippen LogP) is 2.46. The quantitative estimate of drug-likeness (QED) is 0.483. The number of pyridine rings is 2. The molecule has 0 atom stereocenters. The topological polar surface area (TPSA) is 135 Å². The Morgan fingerprint density at radius 3 is 2.86 bits per heavy atom. The second-order valence-corrected chi connectivity index (χ2v) is 6.52. The van der Waals surface area contributed by atoms with E-state index in [9.17, 15) is 4.79 Å². The largest absolute Gasteiger partial charge is 0.444 e. The molecule has 0 aliphatic heterocycles. The summed E-state index contributed by atoms with van der Waals surface area (Å²) in [6.07, 6.45) is 8.13. The number of aromatic nitrogens is 6. The van der Waals surface area contributed by atoms with Gasteiger partial charge in [0.05, 0.1) is 5.56 Å². The summed E-state index contributed by atoms with van der Waals surface area (Å²) in [5, 5.41) is 14.1. The van der Waals surface area contributed by atoms with E-state index in [2.05, 4.69) is 40.8 Å². The molecular weight excluding hydrogens is 360 g/mol. The van der Waals surface area contributed by atoms with Gasteiger partial charge in [0.2, 0.25) is 11.8 Å². The van der Waals surface area contributed by atoms with E-state index in [1.54, 1.807) is 19.4 Å². The molecule has 1 saturated carbocycles. The van der Waals surface area contributed by atoms with Crippen LogP contribution >= 0.6 is 0 Å². The summed E-state index contributed by atoms with van der Waals surface area (Å²) in [5.41, 5.74) is 1.22. The predicted molar refractivity (Wildman–Crippen MR) is 101 cm³/mol. The van der Waals surface area contributed by atoms with Gasteiger partial charge in [0, 0.05) is 36.1 Å². The van der Waals surface area contributed by atoms with Crippen molar-refractivity contribution in [3.8, 4) is 23.0 Å². The maximum absolute atomic E-state index is 12.1. The second kappa shape index (κ2) is 6.41. The molecule has 1 aliphatic rings. The van der Waals surface area contributed by atoms with Gasteiger partial charge in [-0.25, -0.2) is 19.9 Å². The first kappa shape index (κ1) is 16.4. The van der Waals surface area contributed by atoms with Crippen LogP contribution in [0.2, 0.25) is 0 Å². The molecule has 1 amide bonds. The Morgan fingerprint density at radius 2 is 2.11 bits per heavy atom. The minimum absolute atomic E-state index is 0.0000235. The van der Waals surface area contributed by atoms with Crippen molar-refractivity contribution in [1.29, 1.82) is 0 Å². The highest BCUT2D eigenvalue weighted by Gasteiger charge is 2.30. The average molecular weight is 376 g/mol. The van der Waals surface area contributed by atoms with Crippen LogP contribution in [0.4, 0.5) is 11.6 Å². The number of rotatable bonds is 5. The lowest BCUT2D eigenvalue weighted by molar-refractivity contribution is -0.117. The van der Waals surface area contributed by atoms with Gasteiger partial charge in [-0.1, -0.05) is 0 Å². The van der Waals surface area contributed by atoms with E-state index >= 15 is 0 Å². The molecule has 0 saturated heterocycles. The lowest BCUT2D eigenvalue weighted by Gasteiger charge is -2.10. The fourth-order valence-corrected chi connectivity index (χ4v) is 2.98. The number of oxazole rings is 1. The number of aromatic amines is 1. The van der Waals surface area contributed by atoms with Gasteiger partial charge >= 0.3 is 0 Å². The van der Waals surface area contributed by atoms with Crippen LogP contribution in [0.3, 0.4) is 0 Å². The third-order valence-electron chi connectivity index (χ3n) is 4.60. The van der Waals surface area contributed by atoms with Crippen molar-refractivity contribution in [3.05, 3.63) is 31.1 Å². The molecule has 0 radical (unpaired) electrons. The van der Waals surface area contributed by atoms with Crippen LogP contribution in [0.25, 0.3) is 33.7 Å². The number of anilines is 2. The van der Waals surface area contributed by atoms with Gasteiger partial charge in [-0.05, 0) is 18.9 Å². The number of hydrogen-bond donors (Lipinski definition) is 3. The molecule has 1 aliphatic carbocycles. The maximum atomic E-state index is 12.1. The molecule has 1 fully saturated rings. The molecule has 140 valence electrons. The molecule has 5 rings (SSSR count). The van der Waals surface area contributed by atoms with E-state index in [0.717, 1.165) is 23.6 Å². The van der Waals surface area contributed by atoms with Crippen LogP contribution in [0.15, 0.2) is 35.5 Å². The molecule has 4 aromatic rings. The summed E-state index contributed by atoms with van der Waals surface area (Å²) in [6.45, 7) is 0. The number of carbonyl (C=O) groups is 1.